The highest BCUT2D eigenvalue weighted by Crippen LogP contribution is 2.54. The average Bonchev–Trinajstić information content (AvgIpc) is 3.39. The van der Waals surface area contributed by atoms with Crippen LogP contribution in [-0.2, 0) is 9.59 Å². The highest BCUT2D eigenvalue weighted by Gasteiger charge is 2.53. The van der Waals surface area contributed by atoms with E-state index in [1.54, 1.807) is 12.1 Å². The number of hydrogen-bond donors (Lipinski definition) is 2. The normalized spacial score (nSPS) is 25.8. The number of carboxylic acid groups (broad SMARTS) is 2. The lowest BCUT2D eigenvalue weighted by Crippen LogP contribution is -2.59. The molecule has 7 nitrogen and oxygen atoms in total. The van der Waals surface area contributed by atoms with Crippen LogP contribution in [0.15, 0.2) is 18.2 Å². The Bertz CT molecular complexity index is 809. The molecule has 27 heavy (non-hydrogen) atoms. The van der Waals surface area contributed by atoms with Crippen LogP contribution in [0, 0.1) is 5.92 Å². The van der Waals surface area contributed by atoms with Crippen LogP contribution in [0.1, 0.15) is 50.1 Å². The molecule has 3 aliphatic rings. The summed E-state index contributed by atoms with van der Waals surface area (Å²) >= 11 is 6.13. The van der Waals surface area contributed by atoms with Crippen LogP contribution in [0.25, 0.3) is 0 Å². The van der Waals surface area contributed by atoms with Crippen molar-refractivity contribution in [3.63, 3.8) is 0 Å². The minimum atomic E-state index is -1.01. The third-order valence-electron chi connectivity index (χ3n) is 5.88. The molecular weight excluding hydrogens is 372 g/mol. The second-order valence-corrected chi connectivity index (χ2v) is 7.97. The Hall–Kier alpha value is -2.28. The van der Waals surface area contributed by atoms with Crippen molar-refractivity contribution in [2.45, 2.75) is 56.7 Å². The number of carboxylic acids is 1. The van der Waals surface area contributed by atoms with Crippen LogP contribution in [0.3, 0.4) is 0 Å². The SMILES string of the molecule is O=C(O)CCC(=O)N(C1CC1)C1c2ccc(Cl)cc2N(C(=O)O)[C@H]2CC[C@@H]12. The molecule has 4 rings (SSSR count). The molecule has 0 saturated heterocycles. The Morgan fingerprint density at radius 2 is 1.85 bits per heavy atom. The maximum atomic E-state index is 12.9. The number of anilines is 1. The van der Waals surface area contributed by atoms with Crippen LogP contribution in [0.4, 0.5) is 10.5 Å². The zero-order valence-electron chi connectivity index (χ0n) is 14.7. The fraction of sp³-hybridized carbons (Fsp3) is 0.526. The number of nitrogens with zero attached hydrogens (tertiary/aromatic N) is 2. The van der Waals surface area contributed by atoms with Gasteiger partial charge in [-0.25, -0.2) is 4.79 Å². The lowest BCUT2D eigenvalue weighted by atomic mass is 9.68. The van der Waals surface area contributed by atoms with Gasteiger partial charge in [-0.2, -0.15) is 0 Å². The van der Waals surface area contributed by atoms with Gasteiger partial charge in [0.15, 0.2) is 0 Å². The van der Waals surface area contributed by atoms with E-state index in [1.165, 1.54) is 4.90 Å². The largest absolute Gasteiger partial charge is 0.481 e. The third-order valence-corrected chi connectivity index (χ3v) is 6.12. The van der Waals surface area contributed by atoms with E-state index in [2.05, 4.69) is 0 Å². The quantitative estimate of drug-likeness (QED) is 0.798. The highest BCUT2D eigenvalue weighted by atomic mass is 35.5. The van der Waals surface area contributed by atoms with Crippen molar-refractivity contribution in [2.75, 3.05) is 4.90 Å². The van der Waals surface area contributed by atoms with Crippen LogP contribution < -0.4 is 4.90 Å². The number of benzene rings is 1. The molecule has 0 spiro atoms. The number of aliphatic carboxylic acids is 1. The van der Waals surface area contributed by atoms with Gasteiger partial charge in [0.05, 0.1) is 18.2 Å². The fourth-order valence-corrected chi connectivity index (χ4v) is 4.63. The van der Waals surface area contributed by atoms with Crippen molar-refractivity contribution in [3.8, 4) is 0 Å². The van der Waals surface area contributed by atoms with Gasteiger partial charge in [0.1, 0.15) is 0 Å². The first-order valence-electron chi connectivity index (χ1n) is 9.23. The van der Waals surface area contributed by atoms with Gasteiger partial charge in [-0.05, 0) is 43.4 Å². The number of carbonyl (C=O) groups is 3. The third kappa shape index (κ3) is 3.14. The zero-order valence-corrected chi connectivity index (χ0v) is 15.4. The van der Waals surface area contributed by atoms with Gasteiger partial charge in [-0.3, -0.25) is 14.5 Å². The van der Waals surface area contributed by atoms with E-state index < -0.39 is 12.1 Å². The molecule has 1 unspecified atom stereocenters. The molecule has 0 bridgehead atoms. The molecule has 1 aromatic rings. The summed E-state index contributed by atoms with van der Waals surface area (Å²) in [6, 6.07) is 4.90. The predicted molar refractivity (Wildman–Crippen MR) is 97.9 cm³/mol. The summed E-state index contributed by atoms with van der Waals surface area (Å²) < 4.78 is 0. The number of halogens is 1. The predicted octanol–water partition coefficient (Wildman–Crippen LogP) is 3.51. The molecule has 8 heteroatoms. The Labute approximate surface area is 161 Å². The first kappa shape index (κ1) is 18.1. The second-order valence-electron chi connectivity index (χ2n) is 7.54. The molecule has 2 aliphatic carbocycles. The molecular formula is C19H21ClN2O5. The van der Waals surface area contributed by atoms with Gasteiger partial charge in [-0.15, -0.1) is 0 Å². The molecule has 0 aromatic heterocycles. The van der Waals surface area contributed by atoms with E-state index in [1.807, 2.05) is 11.0 Å². The van der Waals surface area contributed by atoms with Crippen molar-refractivity contribution >= 4 is 35.3 Å². The standard InChI is InChI=1S/C19H21ClN2O5/c20-10-1-4-13-15(9-10)22(19(26)27)14-6-5-12(14)18(13)21(11-2-3-11)16(23)7-8-17(24)25/h1,4,9,11-12,14,18H,2-3,5-8H2,(H,24,25)(H,26,27)/t12-,14+,18?/m1/s1. The summed E-state index contributed by atoms with van der Waals surface area (Å²) in [5, 5.41) is 19.1. The lowest BCUT2D eigenvalue weighted by Gasteiger charge is -2.54. The summed E-state index contributed by atoms with van der Waals surface area (Å²) in [4.78, 5) is 38.9. The number of hydrogen-bond acceptors (Lipinski definition) is 3. The van der Waals surface area contributed by atoms with Crippen molar-refractivity contribution in [2.24, 2.45) is 5.92 Å². The minimum absolute atomic E-state index is 0.0316. The van der Waals surface area contributed by atoms with E-state index in [0.717, 1.165) is 31.2 Å². The fourth-order valence-electron chi connectivity index (χ4n) is 4.46. The topological polar surface area (TPSA) is 98.2 Å². The maximum Gasteiger partial charge on any atom is 0.412 e. The van der Waals surface area contributed by atoms with E-state index in [4.69, 9.17) is 16.7 Å². The molecule has 0 radical (unpaired) electrons. The smallest absolute Gasteiger partial charge is 0.412 e. The average molecular weight is 393 g/mol. The van der Waals surface area contributed by atoms with E-state index in [9.17, 15) is 19.5 Å². The van der Waals surface area contributed by atoms with Gasteiger partial charge in [-0.1, -0.05) is 17.7 Å². The summed E-state index contributed by atoms with van der Waals surface area (Å²) in [5.41, 5.74) is 1.33. The Balaban J connectivity index is 1.74. The molecule has 1 aromatic carbocycles. The van der Waals surface area contributed by atoms with Crippen molar-refractivity contribution in [3.05, 3.63) is 28.8 Å². The van der Waals surface area contributed by atoms with E-state index >= 15 is 0 Å². The van der Waals surface area contributed by atoms with Crippen LogP contribution >= 0.6 is 11.6 Å². The number of fused-ring (bicyclic) bond motifs is 2. The molecule has 2 saturated carbocycles. The second kappa shape index (κ2) is 6.71. The Morgan fingerprint density at radius 1 is 1.11 bits per heavy atom. The van der Waals surface area contributed by atoms with E-state index in [0.29, 0.717) is 10.7 Å². The van der Waals surface area contributed by atoms with Gasteiger partial charge in [0.25, 0.3) is 0 Å². The molecule has 3 atom stereocenters. The minimum Gasteiger partial charge on any atom is -0.481 e. The highest BCUT2D eigenvalue weighted by molar-refractivity contribution is 6.31. The van der Waals surface area contributed by atoms with Gasteiger partial charge in [0.2, 0.25) is 5.91 Å². The van der Waals surface area contributed by atoms with Crippen LogP contribution in [0.5, 0.6) is 0 Å². The zero-order chi connectivity index (χ0) is 19.3. The first-order chi connectivity index (χ1) is 12.9. The van der Waals surface area contributed by atoms with Crippen LogP contribution in [0.2, 0.25) is 5.02 Å². The molecule has 1 heterocycles. The van der Waals surface area contributed by atoms with E-state index in [-0.39, 0.29) is 42.8 Å². The Morgan fingerprint density at radius 3 is 2.41 bits per heavy atom. The van der Waals surface area contributed by atoms with Crippen LogP contribution in [-0.4, -0.2) is 45.2 Å². The molecule has 2 fully saturated rings. The van der Waals surface area contributed by atoms with Gasteiger partial charge in [0, 0.05) is 29.4 Å². The number of amides is 2. The number of carbonyl (C=O) groups excluding carboxylic acids is 1. The first-order valence-corrected chi connectivity index (χ1v) is 9.61. The van der Waals surface area contributed by atoms with Gasteiger partial charge >= 0.3 is 12.1 Å². The number of rotatable bonds is 5. The molecule has 144 valence electrons. The Kier molecular flexibility index (Phi) is 4.50. The summed E-state index contributed by atoms with van der Waals surface area (Å²) in [6.07, 6.45) is 2.15. The molecule has 2 amide bonds. The summed E-state index contributed by atoms with van der Waals surface area (Å²) in [6.45, 7) is 0. The molecule has 2 N–H and O–H groups in total. The van der Waals surface area contributed by atoms with Gasteiger partial charge < -0.3 is 15.1 Å². The lowest BCUT2D eigenvalue weighted by molar-refractivity contribution is -0.143. The summed E-state index contributed by atoms with van der Waals surface area (Å²) in [7, 11) is 0. The monoisotopic (exact) mass is 392 g/mol. The van der Waals surface area contributed by atoms with Crippen molar-refractivity contribution < 1.29 is 24.6 Å². The maximum absolute atomic E-state index is 12.9. The summed E-state index contributed by atoms with van der Waals surface area (Å²) in [5.74, 6) is -1.13. The van der Waals surface area contributed by atoms with Crippen molar-refractivity contribution in [1.82, 2.24) is 4.90 Å². The van der Waals surface area contributed by atoms with Crippen molar-refractivity contribution in [1.29, 1.82) is 0 Å². The molecule has 1 aliphatic heterocycles.